The van der Waals surface area contributed by atoms with Crippen LogP contribution in [0.5, 0.6) is 0 Å². The first-order chi connectivity index (χ1) is 7.82. The molecule has 1 rings (SSSR count). The van der Waals surface area contributed by atoms with Crippen LogP contribution in [0.3, 0.4) is 0 Å². The van der Waals surface area contributed by atoms with Gasteiger partial charge in [0, 0.05) is 12.6 Å². The van der Waals surface area contributed by atoms with Gasteiger partial charge in [0.2, 0.25) is 0 Å². The second kappa shape index (κ2) is 5.31. The predicted octanol–water partition coefficient (Wildman–Crippen LogP) is 2.16. The quantitative estimate of drug-likeness (QED) is 0.552. The van der Waals surface area contributed by atoms with Gasteiger partial charge in [-0.05, 0) is 18.3 Å². The minimum Gasteiger partial charge on any atom is -0.370 e. The lowest BCUT2D eigenvalue weighted by atomic mass is 9.82. The number of hydrogen-bond donors (Lipinski definition) is 3. The van der Waals surface area contributed by atoms with Crippen molar-refractivity contribution in [3.8, 4) is 0 Å². The molecule has 0 aromatic carbocycles. The average molecular weight is 237 g/mol. The van der Waals surface area contributed by atoms with Gasteiger partial charge in [0.25, 0.3) is 0 Å². The monoisotopic (exact) mass is 237 g/mol. The molecule has 1 aromatic heterocycles. The van der Waals surface area contributed by atoms with Gasteiger partial charge in [0.05, 0.1) is 0 Å². The van der Waals surface area contributed by atoms with Crippen LogP contribution in [0.25, 0.3) is 0 Å². The van der Waals surface area contributed by atoms with Gasteiger partial charge in [0.15, 0.2) is 0 Å². The van der Waals surface area contributed by atoms with E-state index in [1.165, 1.54) is 0 Å². The van der Waals surface area contributed by atoms with Gasteiger partial charge >= 0.3 is 0 Å². The number of anilines is 2. The second-order valence-corrected chi connectivity index (χ2v) is 5.48. The maximum atomic E-state index is 5.34. The molecule has 1 unspecified atom stereocenters. The minimum atomic E-state index is 0.282. The van der Waals surface area contributed by atoms with E-state index in [1.807, 2.05) is 13.0 Å². The second-order valence-electron chi connectivity index (χ2n) is 5.48. The third kappa shape index (κ3) is 4.19. The summed E-state index contributed by atoms with van der Waals surface area (Å²) in [6.07, 6.45) is 0. The molecule has 17 heavy (non-hydrogen) atoms. The number of nitrogens with one attached hydrogen (secondary N) is 2. The van der Waals surface area contributed by atoms with Crippen LogP contribution < -0.4 is 16.6 Å². The lowest BCUT2D eigenvalue weighted by molar-refractivity contribution is 0.274. The molecule has 0 fully saturated rings. The fraction of sp³-hybridized carbons (Fsp3) is 0.667. The Labute approximate surface area is 103 Å². The summed E-state index contributed by atoms with van der Waals surface area (Å²) in [5.41, 5.74) is 2.82. The van der Waals surface area contributed by atoms with Crippen LogP contribution >= 0.6 is 0 Å². The van der Waals surface area contributed by atoms with Crippen molar-refractivity contribution in [1.29, 1.82) is 0 Å². The summed E-state index contributed by atoms with van der Waals surface area (Å²) in [7, 11) is 0. The normalized spacial score (nSPS) is 13.3. The van der Waals surface area contributed by atoms with Crippen molar-refractivity contribution in [3.63, 3.8) is 0 Å². The van der Waals surface area contributed by atoms with Crippen molar-refractivity contribution in [2.24, 2.45) is 17.2 Å². The molecule has 0 radical (unpaired) electrons. The van der Waals surface area contributed by atoms with Gasteiger partial charge in [0.1, 0.15) is 17.5 Å². The summed E-state index contributed by atoms with van der Waals surface area (Å²) in [5.74, 6) is 8.03. The zero-order chi connectivity index (χ0) is 13.1. The zero-order valence-electron chi connectivity index (χ0n) is 11.3. The van der Waals surface area contributed by atoms with E-state index in [0.717, 1.165) is 12.4 Å². The topological polar surface area (TPSA) is 75.9 Å². The van der Waals surface area contributed by atoms with E-state index >= 15 is 0 Å². The maximum absolute atomic E-state index is 5.34. The Morgan fingerprint density at radius 3 is 2.41 bits per heavy atom. The van der Waals surface area contributed by atoms with Gasteiger partial charge in [-0.2, -0.15) is 0 Å². The standard InChI is InChI=1S/C12H23N5/c1-8(12(3,4)5)7-14-10-6-11(17-13)16-9(2)15-10/h6,8H,7,13H2,1-5H3,(H2,14,15,16,17). The Kier molecular flexibility index (Phi) is 4.28. The number of rotatable bonds is 4. The molecule has 0 saturated carbocycles. The van der Waals surface area contributed by atoms with E-state index < -0.39 is 0 Å². The van der Waals surface area contributed by atoms with Gasteiger partial charge in [-0.25, -0.2) is 15.8 Å². The fourth-order valence-corrected chi connectivity index (χ4v) is 1.30. The summed E-state index contributed by atoms with van der Waals surface area (Å²) in [6, 6.07) is 1.81. The van der Waals surface area contributed by atoms with Gasteiger partial charge < -0.3 is 10.7 Å². The Bertz CT molecular complexity index is 370. The number of nitrogen functional groups attached to an aromatic ring is 1. The largest absolute Gasteiger partial charge is 0.370 e. The third-order valence-corrected chi connectivity index (χ3v) is 3.05. The highest BCUT2D eigenvalue weighted by molar-refractivity contribution is 5.46. The number of nitrogens with two attached hydrogens (primary N) is 1. The van der Waals surface area contributed by atoms with Crippen LogP contribution in [0, 0.1) is 18.3 Å². The first kappa shape index (κ1) is 13.7. The van der Waals surface area contributed by atoms with Crippen molar-refractivity contribution >= 4 is 11.6 Å². The Morgan fingerprint density at radius 2 is 1.88 bits per heavy atom. The van der Waals surface area contributed by atoms with Gasteiger partial charge in [-0.1, -0.05) is 27.7 Å². The van der Waals surface area contributed by atoms with Crippen LogP contribution in [0.15, 0.2) is 6.07 Å². The Hall–Kier alpha value is -1.36. The molecule has 0 spiro atoms. The van der Waals surface area contributed by atoms with E-state index in [9.17, 15) is 0 Å². The molecule has 1 atom stereocenters. The summed E-state index contributed by atoms with van der Waals surface area (Å²) >= 11 is 0. The van der Waals surface area contributed by atoms with E-state index in [2.05, 4.69) is 48.4 Å². The SMILES string of the molecule is Cc1nc(NN)cc(NCC(C)C(C)(C)C)n1. The molecule has 4 N–H and O–H groups in total. The van der Waals surface area contributed by atoms with Crippen molar-refractivity contribution in [2.45, 2.75) is 34.6 Å². The number of nitrogens with zero attached hydrogens (tertiary/aromatic N) is 2. The highest BCUT2D eigenvalue weighted by Crippen LogP contribution is 2.25. The smallest absolute Gasteiger partial charge is 0.145 e. The van der Waals surface area contributed by atoms with Crippen molar-refractivity contribution < 1.29 is 0 Å². The third-order valence-electron chi connectivity index (χ3n) is 3.05. The molecule has 0 bridgehead atoms. The first-order valence-corrected chi connectivity index (χ1v) is 5.89. The zero-order valence-corrected chi connectivity index (χ0v) is 11.3. The van der Waals surface area contributed by atoms with Gasteiger partial charge in [-0.3, -0.25) is 0 Å². The molecule has 1 aromatic rings. The molecular weight excluding hydrogens is 214 g/mol. The Morgan fingerprint density at radius 1 is 1.29 bits per heavy atom. The average Bonchev–Trinajstić information content (AvgIpc) is 2.23. The summed E-state index contributed by atoms with van der Waals surface area (Å²) in [5, 5.41) is 3.32. The highest BCUT2D eigenvalue weighted by Gasteiger charge is 2.19. The molecule has 5 heteroatoms. The molecule has 5 nitrogen and oxygen atoms in total. The number of aromatic nitrogens is 2. The molecule has 0 aliphatic heterocycles. The lowest BCUT2D eigenvalue weighted by Crippen LogP contribution is -2.25. The van der Waals surface area contributed by atoms with E-state index in [-0.39, 0.29) is 5.41 Å². The molecular formula is C12H23N5. The van der Waals surface area contributed by atoms with E-state index in [4.69, 9.17) is 5.84 Å². The summed E-state index contributed by atoms with van der Waals surface area (Å²) < 4.78 is 0. The van der Waals surface area contributed by atoms with Crippen LogP contribution in [-0.4, -0.2) is 16.5 Å². The molecule has 0 aliphatic carbocycles. The number of hydrazine groups is 1. The van der Waals surface area contributed by atoms with Crippen molar-refractivity contribution in [1.82, 2.24) is 9.97 Å². The fourth-order valence-electron chi connectivity index (χ4n) is 1.30. The van der Waals surface area contributed by atoms with E-state index in [1.54, 1.807) is 0 Å². The molecule has 0 saturated heterocycles. The highest BCUT2D eigenvalue weighted by atomic mass is 15.3. The minimum absolute atomic E-state index is 0.282. The molecule has 0 amide bonds. The number of aryl methyl sites for hydroxylation is 1. The van der Waals surface area contributed by atoms with Crippen LogP contribution in [0.1, 0.15) is 33.5 Å². The predicted molar refractivity (Wildman–Crippen MR) is 71.7 cm³/mol. The first-order valence-electron chi connectivity index (χ1n) is 5.89. The van der Waals surface area contributed by atoms with Crippen LogP contribution in [0.2, 0.25) is 0 Å². The lowest BCUT2D eigenvalue weighted by Gasteiger charge is -2.27. The summed E-state index contributed by atoms with van der Waals surface area (Å²) in [4.78, 5) is 8.46. The molecule has 0 aliphatic rings. The maximum Gasteiger partial charge on any atom is 0.145 e. The van der Waals surface area contributed by atoms with Crippen molar-refractivity contribution in [3.05, 3.63) is 11.9 Å². The van der Waals surface area contributed by atoms with E-state index in [0.29, 0.717) is 17.6 Å². The van der Waals surface area contributed by atoms with Crippen molar-refractivity contribution in [2.75, 3.05) is 17.3 Å². The van der Waals surface area contributed by atoms with Crippen LogP contribution in [0.4, 0.5) is 11.6 Å². The van der Waals surface area contributed by atoms with Crippen LogP contribution in [-0.2, 0) is 0 Å². The molecule has 96 valence electrons. The van der Waals surface area contributed by atoms with Gasteiger partial charge in [-0.15, -0.1) is 0 Å². The molecule has 1 heterocycles. The summed E-state index contributed by atoms with van der Waals surface area (Å²) in [6.45, 7) is 11.7. The Balaban J connectivity index is 2.66. The number of hydrogen-bond acceptors (Lipinski definition) is 5.